The summed E-state index contributed by atoms with van der Waals surface area (Å²) in [4.78, 5) is 11.2. The number of nitrogens with zero attached hydrogens (tertiary/aromatic N) is 7. The average molecular weight is 478 g/mol. The van der Waals surface area contributed by atoms with Crippen LogP contribution in [0, 0.1) is 22.7 Å². The molecule has 0 spiro atoms. The predicted molar refractivity (Wildman–Crippen MR) is 127 cm³/mol. The number of likely N-dealkylation sites (tertiary alicyclic amines) is 1. The van der Waals surface area contributed by atoms with Crippen LogP contribution in [0.2, 0.25) is 5.02 Å². The van der Waals surface area contributed by atoms with Gasteiger partial charge in [-0.25, -0.2) is 4.98 Å². The summed E-state index contributed by atoms with van der Waals surface area (Å²) >= 11 is 6.57. The second kappa shape index (κ2) is 9.43. The normalized spacial score (nSPS) is 16.1. The Morgan fingerprint density at radius 1 is 1.24 bits per heavy atom. The summed E-state index contributed by atoms with van der Waals surface area (Å²) in [6, 6.07) is 8.27. The number of nitriles is 2. The Morgan fingerprint density at radius 3 is 2.76 bits per heavy atom. The van der Waals surface area contributed by atoms with E-state index in [4.69, 9.17) is 16.3 Å². The number of ether oxygens (including phenoxy) is 1. The minimum atomic E-state index is 0.258. The van der Waals surface area contributed by atoms with Crippen molar-refractivity contribution < 1.29 is 4.74 Å². The largest absolute Gasteiger partial charge is 0.379 e. The van der Waals surface area contributed by atoms with Gasteiger partial charge in [-0.1, -0.05) is 11.6 Å². The topological polar surface area (TPSA) is 127 Å². The van der Waals surface area contributed by atoms with Gasteiger partial charge < -0.3 is 15.4 Å². The molecule has 1 aliphatic heterocycles. The molecule has 3 heterocycles. The first-order valence-corrected chi connectivity index (χ1v) is 11.6. The van der Waals surface area contributed by atoms with Crippen molar-refractivity contribution in [1.29, 1.82) is 10.5 Å². The monoisotopic (exact) mass is 477 g/mol. The molecule has 2 N–H and O–H groups in total. The molecule has 2 aliphatic rings. The van der Waals surface area contributed by atoms with E-state index in [0.717, 1.165) is 50.9 Å². The number of methoxy groups -OCH3 is 1. The lowest BCUT2D eigenvalue weighted by atomic mass is 10.0. The van der Waals surface area contributed by atoms with Gasteiger partial charge in [0.15, 0.2) is 17.2 Å². The van der Waals surface area contributed by atoms with Crippen molar-refractivity contribution in [2.24, 2.45) is 0 Å². The number of nitrogens with one attached hydrogen (secondary N) is 2. The molecule has 1 aromatic carbocycles. The van der Waals surface area contributed by atoms with Crippen LogP contribution in [0.3, 0.4) is 0 Å². The van der Waals surface area contributed by atoms with Crippen molar-refractivity contribution in [3.05, 3.63) is 40.2 Å². The van der Waals surface area contributed by atoms with Crippen molar-refractivity contribution in [2.75, 3.05) is 37.4 Å². The van der Waals surface area contributed by atoms with Crippen LogP contribution in [-0.4, -0.2) is 63.4 Å². The van der Waals surface area contributed by atoms with Gasteiger partial charge in [0.25, 0.3) is 0 Å². The highest BCUT2D eigenvalue weighted by Crippen LogP contribution is 2.31. The summed E-state index contributed by atoms with van der Waals surface area (Å²) < 4.78 is 6.77. The highest BCUT2D eigenvalue weighted by molar-refractivity contribution is 6.33. The van der Waals surface area contributed by atoms with Crippen LogP contribution in [0.4, 0.5) is 17.5 Å². The smallest absolute Gasteiger partial charge is 0.247 e. The number of aromatic nitrogens is 4. The molecule has 1 saturated carbocycles. The summed E-state index contributed by atoms with van der Waals surface area (Å²) in [5.41, 5.74) is 2.80. The van der Waals surface area contributed by atoms with Crippen LogP contribution in [-0.2, 0) is 11.2 Å². The summed E-state index contributed by atoms with van der Waals surface area (Å²) in [6.45, 7) is 2.87. The molecule has 174 valence electrons. The molecule has 1 aliphatic carbocycles. The Morgan fingerprint density at radius 2 is 2.06 bits per heavy atom. The average Bonchev–Trinajstić information content (AvgIpc) is 3.52. The SMILES string of the molecule is COC1CN(CCCc2cc(Cl)c(Nc3nc(NC4CC4)c4ncc(C#N)n4n3)cc2C#N)C1. The minimum Gasteiger partial charge on any atom is -0.379 e. The maximum atomic E-state index is 9.73. The second-order valence-electron chi connectivity index (χ2n) is 8.64. The van der Waals surface area contributed by atoms with Crippen molar-refractivity contribution >= 4 is 34.7 Å². The number of halogens is 1. The molecule has 2 aromatic heterocycles. The second-order valence-corrected chi connectivity index (χ2v) is 9.05. The lowest BCUT2D eigenvalue weighted by Crippen LogP contribution is -2.51. The van der Waals surface area contributed by atoms with Gasteiger partial charge in [-0.2, -0.15) is 20.0 Å². The summed E-state index contributed by atoms with van der Waals surface area (Å²) in [7, 11) is 1.74. The first kappa shape index (κ1) is 22.4. The van der Waals surface area contributed by atoms with E-state index >= 15 is 0 Å². The molecule has 2 fully saturated rings. The molecular weight excluding hydrogens is 454 g/mol. The van der Waals surface area contributed by atoms with Gasteiger partial charge in [0.1, 0.15) is 6.07 Å². The molecule has 3 aromatic rings. The summed E-state index contributed by atoms with van der Waals surface area (Å²) in [5, 5.41) is 30.5. The van der Waals surface area contributed by atoms with Crippen LogP contribution in [0.25, 0.3) is 5.65 Å². The third-order valence-corrected chi connectivity index (χ3v) is 6.44. The highest BCUT2D eigenvalue weighted by Gasteiger charge is 2.26. The van der Waals surface area contributed by atoms with Crippen molar-refractivity contribution in [3.8, 4) is 12.1 Å². The van der Waals surface area contributed by atoms with Crippen molar-refractivity contribution in [1.82, 2.24) is 24.5 Å². The van der Waals surface area contributed by atoms with Gasteiger partial charge in [0.2, 0.25) is 5.95 Å². The molecule has 0 radical (unpaired) electrons. The van der Waals surface area contributed by atoms with Crippen molar-refractivity contribution in [2.45, 2.75) is 37.8 Å². The summed E-state index contributed by atoms with van der Waals surface area (Å²) in [6.07, 6.45) is 5.62. The van der Waals surface area contributed by atoms with E-state index in [2.05, 4.69) is 42.7 Å². The molecule has 34 heavy (non-hydrogen) atoms. The Kier molecular flexibility index (Phi) is 6.20. The fourth-order valence-electron chi connectivity index (χ4n) is 4.02. The van der Waals surface area contributed by atoms with E-state index in [1.54, 1.807) is 13.2 Å². The van der Waals surface area contributed by atoms with Gasteiger partial charge in [-0.3, -0.25) is 4.90 Å². The third-order valence-electron chi connectivity index (χ3n) is 6.13. The number of imidazole rings is 1. The highest BCUT2D eigenvalue weighted by atomic mass is 35.5. The van der Waals surface area contributed by atoms with Crippen molar-refractivity contribution in [3.63, 3.8) is 0 Å². The van der Waals surface area contributed by atoms with E-state index in [1.165, 1.54) is 10.7 Å². The zero-order valence-electron chi connectivity index (χ0n) is 18.8. The number of anilines is 3. The molecule has 0 amide bonds. The Bertz CT molecular complexity index is 1300. The number of benzene rings is 1. The molecule has 1 saturated heterocycles. The molecule has 11 heteroatoms. The first-order valence-electron chi connectivity index (χ1n) is 11.2. The number of hydrogen-bond donors (Lipinski definition) is 2. The fourth-order valence-corrected chi connectivity index (χ4v) is 4.25. The van der Waals surface area contributed by atoms with Gasteiger partial charge in [0.05, 0.1) is 34.6 Å². The third kappa shape index (κ3) is 4.62. The van der Waals surface area contributed by atoms with Crippen LogP contribution in [0.5, 0.6) is 0 Å². The van der Waals surface area contributed by atoms with Crippen LogP contribution < -0.4 is 10.6 Å². The van der Waals surface area contributed by atoms with Gasteiger partial charge in [0, 0.05) is 26.2 Å². The van der Waals surface area contributed by atoms with E-state index in [-0.39, 0.29) is 5.95 Å². The standard InChI is InChI=1S/C23H24ClN9O/c1-34-18-12-32(13-18)6-2-3-14-7-19(24)20(8-15(14)9-25)29-23-30-21(28-16-4-5-16)22-27-11-17(10-26)33(22)31-23/h7-8,11,16,18H,2-6,12-13H2,1H3,(H2,28,29,30,31). The predicted octanol–water partition coefficient (Wildman–Crippen LogP) is 3.10. The molecule has 10 nitrogen and oxygen atoms in total. The minimum absolute atomic E-state index is 0.258. The lowest BCUT2D eigenvalue weighted by molar-refractivity contribution is -0.0293. The zero-order chi connectivity index (χ0) is 23.7. The maximum Gasteiger partial charge on any atom is 0.247 e. The van der Waals surface area contributed by atoms with Crippen LogP contribution in [0.15, 0.2) is 18.3 Å². The number of hydrogen-bond acceptors (Lipinski definition) is 9. The van der Waals surface area contributed by atoms with E-state index in [1.807, 2.05) is 6.07 Å². The van der Waals surface area contributed by atoms with Crippen LogP contribution >= 0.6 is 11.6 Å². The fraction of sp³-hybridized carbons (Fsp3) is 0.435. The Balaban J connectivity index is 1.35. The number of aryl methyl sites for hydroxylation is 1. The van der Waals surface area contributed by atoms with E-state index < -0.39 is 0 Å². The molecule has 0 atom stereocenters. The number of rotatable bonds is 9. The van der Waals surface area contributed by atoms with Gasteiger partial charge >= 0.3 is 0 Å². The Labute approximate surface area is 202 Å². The zero-order valence-corrected chi connectivity index (χ0v) is 19.5. The molecule has 5 rings (SSSR count). The van der Waals surface area contributed by atoms with Gasteiger partial charge in [-0.05, 0) is 49.9 Å². The first-order chi connectivity index (χ1) is 16.6. The van der Waals surface area contributed by atoms with Gasteiger partial charge in [-0.15, -0.1) is 5.10 Å². The molecule has 0 unspecified atom stereocenters. The Hall–Kier alpha value is -3.44. The van der Waals surface area contributed by atoms with E-state index in [9.17, 15) is 10.5 Å². The number of fused-ring (bicyclic) bond motifs is 1. The maximum absolute atomic E-state index is 9.73. The molecular formula is C23H24ClN9O. The summed E-state index contributed by atoms with van der Waals surface area (Å²) in [5.74, 6) is 0.811. The lowest BCUT2D eigenvalue weighted by Gasteiger charge is -2.38. The molecule has 0 bridgehead atoms. The van der Waals surface area contributed by atoms with Crippen LogP contribution in [0.1, 0.15) is 36.1 Å². The quantitative estimate of drug-likeness (QED) is 0.477. The van der Waals surface area contributed by atoms with E-state index in [0.29, 0.717) is 45.6 Å².